The summed E-state index contributed by atoms with van der Waals surface area (Å²) in [5.41, 5.74) is 0.589. The second kappa shape index (κ2) is 4.02. The van der Waals surface area contributed by atoms with E-state index in [1.165, 1.54) is 10.7 Å². The van der Waals surface area contributed by atoms with Crippen LogP contribution < -0.4 is 10.9 Å². The van der Waals surface area contributed by atoms with Crippen LogP contribution in [0.5, 0.6) is 0 Å². The topological polar surface area (TPSA) is 67.2 Å². The van der Waals surface area contributed by atoms with Gasteiger partial charge in [-0.15, -0.1) is 0 Å². The number of rotatable bonds is 4. The summed E-state index contributed by atoms with van der Waals surface area (Å²) in [7, 11) is 0. The van der Waals surface area contributed by atoms with E-state index in [4.69, 9.17) is 5.11 Å². The third kappa shape index (κ3) is 2.79. The number of hydrogen-bond acceptors (Lipinski definition) is 4. The lowest BCUT2D eigenvalue weighted by atomic mass is 10.4. The van der Waals surface area contributed by atoms with Crippen molar-refractivity contribution in [2.45, 2.75) is 38.5 Å². The van der Waals surface area contributed by atoms with Gasteiger partial charge in [-0.1, -0.05) is 0 Å². The zero-order valence-corrected chi connectivity index (χ0v) is 8.68. The molecule has 1 aromatic heterocycles. The Morgan fingerprint density at radius 1 is 1.73 bits per heavy atom. The largest absolute Gasteiger partial charge is 0.391 e. The maximum absolute atomic E-state index is 11.5. The molecule has 0 bridgehead atoms. The first-order valence-corrected chi connectivity index (χ1v) is 5.17. The molecule has 2 N–H and O–H groups in total. The predicted molar refractivity (Wildman–Crippen MR) is 56.8 cm³/mol. The Hall–Kier alpha value is -1.36. The molecular formula is C10H15N3O2. The van der Waals surface area contributed by atoms with Gasteiger partial charge in [0.2, 0.25) is 0 Å². The summed E-state index contributed by atoms with van der Waals surface area (Å²) in [4.78, 5) is 11.5. The fourth-order valence-electron chi connectivity index (χ4n) is 1.36. The normalized spacial score (nSPS) is 17.5. The van der Waals surface area contributed by atoms with E-state index in [0.717, 1.165) is 18.5 Å². The fourth-order valence-corrected chi connectivity index (χ4v) is 1.36. The van der Waals surface area contributed by atoms with Crippen LogP contribution in [0.2, 0.25) is 0 Å². The van der Waals surface area contributed by atoms with Gasteiger partial charge in [0.1, 0.15) is 0 Å². The summed E-state index contributed by atoms with van der Waals surface area (Å²) in [6.45, 7) is 1.87. The van der Waals surface area contributed by atoms with Crippen LogP contribution in [0.25, 0.3) is 0 Å². The number of hydrogen-bond donors (Lipinski definition) is 2. The minimum absolute atomic E-state index is 0.179. The molecule has 0 saturated heterocycles. The molecule has 0 aliphatic heterocycles. The zero-order valence-electron chi connectivity index (χ0n) is 8.68. The van der Waals surface area contributed by atoms with Crippen LogP contribution in [0.1, 0.15) is 19.8 Å². The molecule has 5 heteroatoms. The van der Waals surface area contributed by atoms with Crippen LogP contribution in [0.3, 0.4) is 0 Å². The van der Waals surface area contributed by atoms with Crippen molar-refractivity contribution in [2.75, 3.05) is 5.32 Å². The Bertz CT molecular complexity index is 396. The first-order chi connectivity index (χ1) is 7.15. The third-order valence-electron chi connectivity index (χ3n) is 2.25. The first kappa shape index (κ1) is 10.2. The molecular weight excluding hydrogens is 194 g/mol. The second-order valence-corrected chi connectivity index (χ2v) is 4.03. The van der Waals surface area contributed by atoms with Crippen LogP contribution in [-0.2, 0) is 6.54 Å². The molecule has 1 fully saturated rings. The van der Waals surface area contributed by atoms with Crippen molar-refractivity contribution in [3.8, 4) is 0 Å². The number of aliphatic hydroxyl groups excluding tert-OH is 1. The molecule has 0 amide bonds. The molecule has 1 saturated carbocycles. The third-order valence-corrected chi connectivity index (χ3v) is 2.25. The average Bonchev–Trinajstić information content (AvgIpc) is 2.93. The zero-order chi connectivity index (χ0) is 10.8. The van der Waals surface area contributed by atoms with Gasteiger partial charge in [0.25, 0.3) is 5.56 Å². The lowest BCUT2D eigenvalue weighted by Crippen LogP contribution is -2.27. The molecule has 1 aliphatic rings. The van der Waals surface area contributed by atoms with Gasteiger partial charge in [0, 0.05) is 12.1 Å². The average molecular weight is 209 g/mol. The molecule has 1 heterocycles. The summed E-state index contributed by atoms with van der Waals surface area (Å²) >= 11 is 0. The maximum atomic E-state index is 11.5. The highest BCUT2D eigenvalue weighted by molar-refractivity contribution is 5.41. The minimum Gasteiger partial charge on any atom is -0.391 e. The van der Waals surface area contributed by atoms with Gasteiger partial charge in [0.15, 0.2) is 0 Å². The van der Waals surface area contributed by atoms with E-state index in [1.807, 2.05) is 0 Å². The van der Waals surface area contributed by atoms with Gasteiger partial charge in [-0.2, -0.15) is 5.10 Å². The summed E-state index contributed by atoms with van der Waals surface area (Å²) in [6, 6.07) is 2.03. The van der Waals surface area contributed by atoms with Crippen molar-refractivity contribution >= 4 is 5.69 Å². The molecule has 5 nitrogen and oxygen atoms in total. The fraction of sp³-hybridized carbons (Fsp3) is 0.600. The molecule has 1 atom stereocenters. The van der Waals surface area contributed by atoms with Gasteiger partial charge in [-0.3, -0.25) is 4.79 Å². The molecule has 2 rings (SSSR count). The van der Waals surface area contributed by atoms with E-state index < -0.39 is 6.10 Å². The summed E-state index contributed by atoms with van der Waals surface area (Å²) in [5, 5.41) is 16.3. The molecule has 0 aromatic carbocycles. The van der Waals surface area contributed by atoms with Gasteiger partial charge in [-0.25, -0.2) is 4.68 Å². The van der Waals surface area contributed by atoms with Crippen LogP contribution in [0.15, 0.2) is 17.1 Å². The van der Waals surface area contributed by atoms with E-state index in [-0.39, 0.29) is 12.1 Å². The molecule has 82 valence electrons. The Morgan fingerprint density at radius 2 is 2.47 bits per heavy atom. The smallest absolute Gasteiger partial charge is 0.268 e. The van der Waals surface area contributed by atoms with E-state index >= 15 is 0 Å². The van der Waals surface area contributed by atoms with Crippen LogP contribution in [0.4, 0.5) is 5.69 Å². The van der Waals surface area contributed by atoms with Gasteiger partial charge >= 0.3 is 0 Å². The molecule has 1 aromatic rings. The van der Waals surface area contributed by atoms with Crippen LogP contribution in [-0.4, -0.2) is 27.0 Å². The first-order valence-electron chi connectivity index (χ1n) is 5.17. The van der Waals surface area contributed by atoms with Gasteiger partial charge in [-0.05, 0) is 19.8 Å². The molecule has 1 unspecified atom stereocenters. The summed E-state index contributed by atoms with van der Waals surface area (Å²) in [5.74, 6) is 0. The van der Waals surface area contributed by atoms with Crippen molar-refractivity contribution < 1.29 is 5.11 Å². The highest BCUT2D eigenvalue weighted by atomic mass is 16.3. The quantitative estimate of drug-likeness (QED) is 0.743. The van der Waals surface area contributed by atoms with E-state index in [2.05, 4.69) is 10.4 Å². The van der Waals surface area contributed by atoms with E-state index in [1.54, 1.807) is 13.1 Å². The van der Waals surface area contributed by atoms with Gasteiger partial charge in [0.05, 0.1) is 24.5 Å². The Kier molecular flexibility index (Phi) is 2.73. The predicted octanol–water partition coefficient (Wildman–Crippen LogP) is 0.198. The number of nitrogens with zero attached hydrogens (tertiary/aromatic N) is 2. The Labute approximate surface area is 87.7 Å². The molecule has 15 heavy (non-hydrogen) atoms. The Balaban J connectivity index is 2.10. The molecule has 1 aliphatic carbocycles. The highest BCUT2D eigenvalue weighted by Gasteiger charge is 2.21. The standard InChI is InChI=1S/C10H15N3O2/c1-7(14)6-13-10(15)4-9(5-11-13)12-8-2-3-8/h4-5,7-8,12,14H,2-3,6H2,1H3. The SMILES string of the molecule is CC(O)Cn1ncc(NC2CC2)cc1=O. The number of nitrogens with one attached hydrogen (secondary N) is 1. The van der Waals surface area contributed by atoms with Crippen LogP contribution >= 0.6 is 0 Å². The lowest BCUT2D eigenvalue weighted by Gasteiger charge is -2.08. The van der Waals surface area contributed by atoms with Crippen molar-refractivity contribution in [3.05, 3.63) is 22.6 Å². The van der Waals surface area contributed by atoms with E-state index in [0.29, 0.717) is 6.04 Å². The van der Waals surface area contributed by atoms with E-state index in [9.17, 15) is 4.79 Å². The summed E-state index contributed by atoms with van der Waals surface area (Å²) < 4.78 is 1.27. The number of aromatic nitrogens is 2. The molecule has 0 radical (unpaired) electrons. The number of aliphatic hydroxyl groups is 1. The number of anilines is 1. The van der Waals surface area contributed by atoms with Crippen LogP contribution in [0, 0.1) is 0 Å². The van der Waals surface area contributed by atoms with Crippen molar-refractivity contribution in [2.24, 2.45) is 0 Å². The summed E-state index contributed by atoms with van der Waals surface area (Å²) in [6.07, 6.45) is 3.40. The second-order valence-electron chi connectivity index (χ2n) is 4.03. The van der Waals surface area contributed by atoms with Gasteiger partial charge < -0.3 is 10.4 Å². The minimum atomic E-state index is -0.558. The maximum Gasteiger partial charge on any atom is 0.268 e. The molecule has 0 spiro atoms. The van der Waals surface area contributed by atoms with Crippen molar-refractivity contribution in [1.29, 1.82) is 0 Å². The Morgan fingerprint density at radius 3 is 3.00 bits per heavy atom. The highest BCUT2D eigenvalue weighted by Crippen LogP contribution is 2.23. The van der Waals surface area contributed by atoms with Crippen molar-refractivity contribution in [1.82, 2.24) is 9.78 Å². The monoisotopic (exact) mass is 209 g/mol. The van der Waals surface area contributed by atoms with Crippen molar-refractivity contribution in [3.63, 3.8) is 0 Å². The lowest BCUT2D eigenvalue weighted by molar-refractivity contribution is 0.166.